The van der Waals surface area contributed by atoms with Crippen LogP contribution in [0.4, 0.5) is 11.4 Å². The molecule has 112 heavy (non-hydrogen) atoms. The Morgan fingerprint density at radius 2 is 0.670 bits per heavy atom. The van der Waals surface area contributed by atoms with E-state index in [2.05, 4.69) is 15.0 Å². The van der Waals surface area contributed by atoms with Gasteiger partial charge in [0.15, 0.2) is 44.3 Å². The zero-order valence-corrected chi connectivity index (χ0v) is 65.5. The first-order valence-electron chi connectivity index (χ1n) is 36.8. The van der Waals surface area contributed by atoms with Crippen LogP contribution in [0.2, 0.25) is 0 Å². The van der Waals surface area contributed by atoms with Crippen molar-refractivity contribution in [1.82, 2.24) is 29.7 Å². The standard InChI is InChI=1S/2C31H33N3O3.C30H30N2O5S/c1-33(2)28-15-8-7-14-27(28)31(35)34(20-18-26-13-9-10-19-32-26)22-25-16-17-29(30(21-25)36-3)37-23-24-11-5-4-6-12-24;1-33(2)28-15-13-26(14-16-28)31(35)34(20-18-27-11-7-8-19-32-27)22-25-12-17-29(30(21-25)36-3)37-23-24-9-5-4-6-10-24;1-36-29-20-24(11-16-28(29)37-22-23-8-4-3-5-9-23)21-32(19-17-26-10-6-7-18-31-26)30(33)25-12-14-27(15-13-25)38(2,34)35/h2*4-17,19,21H,18,20,22-23H2,1-3H3;3-16,18,20H,17,19,21-22H2,1-2H3. The summed E-state index contributed by atoms with van der Waals surface area (Å²) in [6.45, 7) is 4.02. The highest BCUT2D eigenvalue weighted by molar-refractivity contribution is 7.90. The lowest BCUT2D eigenvalue weighted by atomic mass is 10.1. The smallest absolute Gasteiger partial charge is 0.256 e. The fourth-order valence-electron chi connectivity index (χ4n) is 12.1. The number of anilines is 2. The Hall–Kier alpha value is -12.8. The number of hydrogen-bond acceptors (Lipinski definition) is 16. The van der Waals surface area contributed by atoms with Gasteiger partial charge in [-0.2, -0.15) is 0 Å². The van der Waals surface area contributed by atoms with E-state index >= 15 is 0 Å². The normalized spacial score (nSPS) is 10.8. The zero-order valence-electron chi connectivity index (χ0n) is 64.7. The summed E-state index contributed by atoms with van der Waals surface area (Å²) in [5.74, 6) is 3.55. The molecule has 3 heterocycles. The zero-order chi connectivity index (χ0) is 79.0. The van der Waals surface area contributed by atoms with Crippen LogP contribution < -0.4 is 38.2 Å². The number of methoxy groups -OCH3 is 3. The molecule has 0 bridgehead atoms. The van der Waals surface area contributed by atoms with E-state index in [1.165, 1.54) is 12.1 Å². The molecule has 0 aliphatic rings. The summed E-state index contributed by atoms with van der Waals surface area (Å²) < 4.78 is 58.5. The number of ether oxygens (including phenoxy) is 6. The first-order chi connectivity index (χ1) is 54.4. The van der Waals surface area contributed by atoms with E-state index < -0.39 is 9.84 Å². The summed E-state index contributed by atoms with van der Waals surface area (Å²) in [5, 5.41) is 0. The lowest BCUT2D eigenvalue weighted by molar-refractivity contribution is 0.0737. The number of pyridine rings is 3. The third-order valence-corrected chi connectivity index (χ3v) is 19.4. The fourth-order valence-corrected chi connectivity index (χ4v) is 12.8. The van der Waals surface area contributed by atoms with E-state index in [4.69, 9.17) is 28.4 Å². The molecule has 3 amide bonds. The number of hydrogen-bond donors (Lipinski definition) is 0. The van der Waals surface area contributed by atoms with Crippen LogP contribution >= 0.6 is 0 Å². The lowest BCUT2D eigenvalue weighted by Crippen LogP contribution is -2.33. The molecular formula is C92H96N8O11S. The summed E-state index contributed by atoms with van der Waals surface area (Å²) in [5.41, 5.74) is 12.4. The van der Waals surface area contributed by atoms with Crippen LogP contribution in [0.3, 0.4) is 0 Å². The molecule has 0 saturated carbocycles. The lowest BCUT2D eigenvalue weighted by Gasteiger charge is -2.26. The van der Waals surface area contributed by atoms with Crippen LogP contribution in [-0.4, -0.2) is 131 Å². The largest absolute Gasteiger partial charge is 0.493 e. The number of para-hydroxylation sites is 1. The number of rotatable bonds is 33. The SMILES string of the molecule is COc1cc(CN(CCc2ccccn2)C(=O)c2ccc(N(C)C)cc2)ccc1OCc1ccccc1.COc1cc(CN(CCc2ccccn2)C(=O)c2ccc(S(C)(=O)=O)cc2)ccc1OCc1ccccc1.COc1cc(CN(CCc2ccccn2)C(=O)c2ccccc2N(C)C)ccc1OCc1ccccc1. The van der Waals surface area contributed by atoms with Crippen molar-refractivity contribution in [2.45, 2.75) is 63.6 Å². The summed E-state index contributed by atoms with van der Waals surface area (Å²) in [7, 11) is 9.35. The predicted molar refractivity (Wildman–Crippen MR) is 440 cm³/mol. The third kappa shape index (κ3) is 24.6. The minimum atomic E-state index is -3.35. The Kier molecular flexibility index (Phi) is 30.4. The number of sulfone groups is 1. The van der Waals surface area contributed by atoms with E-state index in [-0.39, 0.29) is 22.6 Å². The molecule has 576 valence electrons. The van der Waals surface area contributed by atoms with Crippen molar-refractivity contribution in [3.8, 4) is 34.5 Å². The van der Waals surface area contributed by atoms with Crippen LogP contribution in [0.1, 0.15) is 81.5 Å². The minimum Gasteiger partial charge on any atom is -0.493 e. The van der Waals surface area contributed by atoms with Crippen molar-refractivity contribution in [2.75, 3.05) is 85.2 Å². The molecule has 3 aromatic heterocycles. The van der Waals surface area contributed by atoms with Gasteiger partial charge in [0.05, 0.1) is 31.8 Å². The molecular weight excluding hydrogens is 1430 g/mol. The average Bonchev–Trinajstić information content (AvgIpc) is 0.828. The van der Waals surface area contributed by atoms with Gasteiger partial charge in [-0.3, -0.25) is 29.3 Å². The second kappa shape index (κ2) is 41.7. The molecule has 0 N–H and O–H groups in total. The maximum absolute atomic E-state index is 13.8. The van der Waals surface area contributed by atoms with Gasteiger partial charge in [0.25, 0.3) is 17.7 Å². The van der Waals surface area contributed by atoms with Gasteiger partial charge in [-0.05, 0) is 167 Å². The molecule has 0 saturated heterocycles. The van der Waals surface area contributed by atoms with Crippen molar-refractivity contribution in [2.24, 2.45) is 0 Å². The van der Waals surface area contributed by atoms with Crippen molar-refractivity contribution in [3.63, 3.8) is 0 Å². The second-order valence-electron chi connectivity index (χ2n) is 26.8. The maximum Gasteiger partial charge on any atom is 0.256 e. The molecule has 12 rings (SSSR count). The number of carbonyl (C=O) groups excluding carboxylic acids is 3. The van der Waals surface area contributed by atoms with Gasteiger partial charge in [-0.1, -0.05) is 140 Å². The molecule has 19 nitrogen and oxygen atoms in total. The molecule has 0 radical (unpaired) electrons. The summed E-state index contributed by atoms with van der Waals surface area (Å²) >= 11 is 0. The summed E-state index contributed by atoms with van der Waals surface area (Å²) in [6, 6.07) is 86.0. The Balaban J connectivity index is 0.000000178. The van der Waals surface area contributed by atoms with Gasteiger partial charge < -0.3 is 52.9 Å². The van der Waals surface area contributed by atoms with E-state index in [0.29, 0.717) is 130 Å². The number of nitrogens with zero attached hydrogens (tertiary/aromatic N) is 8. The van der Waals surface area contributed by atoms with Crippen LogP contribution in [0.25, 0.3) is 0 Å². The topological polar surface area (TPSA) is 196 Å². The molecule has 20 heteroatoms. The predicted octanol–water partition coefficient (Wildman–Crippen LogP) is 16.2. The Morgan fingerprint density at radius 1 is 0.339 bits per heavy atom. The highest BCUT2D eigenvalue weighted by Crippen LogP contribution is 2.34. The average molecular weight is 1520 g/mol. The second-order valence-corrected chi connectivity index (χ2v) is 28.8. The highest BCUT2D eigenvalue weighted by Gasteiger charge is 2.24. The number of amides is 3. The monoisotopic (exact) mass is 1520 g/mol. The van der Waals surface area contributed by atoms with Crippen LogP contribution in [-0.2, 0) is 68.6 Å². The molecule has 0 fully saturated rings. The molecule has 9 aromatic carbocycles. The molecule has 0 aliphatic carbocycles. The van der Waals surface area contributed by atoms with Crippen LogP contribution in [0.5, 0.6) is 34.5 Å². The van der Waals surface area contributed by atoms with Crippen LogP contribution in [0.15, 0.2) is 296 Å². The fraction of sp³-hybridized carbons (Fsp3) is 0.217. The van der Waals surface area contributed by atoms with Gasteiger partial charge in [-0.15, -0.1) is 0 Å². The Bertz CT molecular complexity index is 5040. The molecule has 12 aromatic rings. The number of carbonyl (C=O) groups is 3. The Morgan fingerprint density at radius 3 is 0.991 bits per heavy atom. The van der Waals surface area contributed by atoms with Crippen molar-refractivity contribution >= 4 is 38.9 Å². The highest BCUT2D eigenvalue weighted by atomic mass is 32.2. The minimum absolute atomic E-state index is 0.0235. The van der Waals surface area contributed by atoms with E-state index in [9.17, 15) is 22.8 Å². The maximum atomic E-state index is 13.8. The van der Waals surface area contributed by atoms with Gasteiger partial charge >= 0.3 is 0 Å². The van der Waals surface area contributed by atoms with Gasteiger partial charge in [0, 0.05) is 151 Å². The quantitative estimate of drug-likeness (QED) is 0.0376. The van der Waals surface area contributed by atoms with E-state index in [1.54, 1.807) is 57.0 Å². The molecule has 0 unspecified atom stereocenters. The van der Waals surface area contributed by atoms with Crippen molar-refractivity contribution in [3.05, 3.63) is 359 Å². The number of benzene rings is 9. The first-order valence-corrected chi connectivity index (χ1v) is 38.7. The molecule has 0 spiro atoms. The van der Waals surface area contributed by atoms with Gasteiger partial charge in [0.1, 0.15) is 19.8 Å². The Labute approximate surface area is 658 Å². The summed E-state index contributed by atoms with van der Waals surface area (Å²) in [6.07, 6.45) is 8.32. The van der Waals surface area contributed by atoms with E-state index in [0.717, 1.165) is 68.1 Å². The van der Waals surface area contributed by atoms with Gasteiger partial charge in [0.2, 0.25) is 0 Å². The third-order valence-electron chi connectivity index (χ3n) is 18.2. The number of aromatic nitrogens is 3. The summed E-state index contributed by atoms with van der Waals surface area (Å²) in [4.78, 5) is 63.7. The molecule has 0 aliphatic heterocycles. The van der Waals surface area contributed by atoms with E-state index in [1.807, 2.05) is 297 Å². The van der Waals surface area contributed by atoms with Crippen molar-refractivity contribution in [1.29, 1.82) is 0 Å². The first kappa shape index (κ1) is 81.7. The van der Waals surface area contributed by atoms with Gasteiger partial charge in [-0.25, -0.2) is 8.42 Å². The van der Waals surface area contributed by atoms with Crippen molar-refractivity contribution < 1.29 is 51.2 Å². The molecule has 0 atom stereocenters. The van der Waals surface area contributed by atoms with Crippen LogP contribution in [0, 0.1) is 0 Å².